The number of phenolic OH excluding ortho intramolecular Hbond substituents is 1. The van der Waals surface area contributed by atoms with Crippen LogP contribution in [0, 0.1) is 17.8 Å². The molecule has 0 aliphatic heterocycles. The number of Topliss-reactive ketones (excluding diaryl/α,β-unsaturated/α-hetero) is 2. The first-order valence-electron chi connectivity index (χ1n) is 11.5. The second kappa shape index (κ2) is 7.25. The first-order chi connectivity index (χ1) is 15.2. The van der Waals surface area contributed by atoms with Crippen molar-refractivity contribution >= 4 is 24.8 Å². The molecule has 0 saturated heterocycles. The van der Waals surface area contributed by atoms with Crippen LogP contribution in [-0.2, 0) is 0 Å². The van der Waals surface area contributed by atoms with Crippen molar-refractivity contribution in [3.05, 3.63) is 71.3 Å². The highest BCUT2D eigenvalue weighted by molar-refractivity contribution is 6.92. The van der Waals surface area contributed by atoms with Crippen LogP contribution in [0.5, 0.6) is 5.75 Å². The number of aromatic hydroxyl groups is 1. The van der Waals surface area contributed by atoms with Crippen LogP contribution >= 0.6 is 0 Å². The summed E-state index contributed by atoms with van der Waals surface area (Å²) >= 11 is 0. The van der Waals surface area contributed by atoms with E-state index in [9.17, 15) is 19.8 Å². The fraction of sp³-hybridized carbons (Fsp3) is 0.407. The van der Waals surface area contributed by atoms with Crippen molar-refractivity contribution < 1.29 is 19.8 Å². The monoisotopic (exact) mass is 446 g/mol. The van der Waals surface area contributed by atoms with E-state index < -0.39 is 26.0 Å². The molecule has 2 aromatic rings. The van der Waals surface area contributed by atoms with Gasteiger partial charge in [0.05, 0.1) is 25.7 Å². The van der Waals surface area contributed by atoms with E-state index in [2.05, 4.69) is 50.3 Å². The number of ketones is 2. The first-order valence-corrected chi connectivity index (χ1v) is 14.5. The molecule has 0 aromatic heterocycles. The van der Waals surface area contributed by atoms with Gasteiger partial charge >= 0.3 is 0 Å². The average molecular weight is 447 g/mol. The number of carbonyl (C=O) groups is 2. The van der Waals surface area contributed by atoms with Crippen LogP contribution in [0.15, 0.2) is 60.2 Å². The maximum Gasteiger partial charge on any atom is 0.174 e. The lowest BCUT2D eigenvalue weighted by Gasteiger charge is -2.52. The highest BCUT2D eigenvalue weighted by Crippen LogP contribution is 2.58. The Kier molecular flexibility index (Phi) is 4.84. The standard InChI is InChI=1S/C27H30O4Si/c1-27(32(2,3)17-8-5-4-6-9-17)13-12-18-16(15-27)14-21(29)24-23(18)25(30)19-10-7-11-20(28)22(19)26(24)31/h4-11,14,18,21,23-24,28-29H,12-13,15H2,1-3H3/t18-,21+,23-,24+,27+/m0/s1. The Hall–Kier alpha value is -2.50. The summed E-state index contributed by atoms with van der Waals surface area (Å²) in [5, 5.41) is 22.8. The molecule has 0 unspecified atom stereocenters. The van der Waals surface area contributed by atoms with Crippen molar-refractivity contribution in [2.45, 2.75) is 50.4 Å². The van der Waals surface area contributed by atoms with Gasteiger partial charge in [0.25, 0.3) is 0 Å². The van der Waals surface area contributed by atoms with Crippen LogP contribution < -0.4 is 5.19 Å². The van der Waals surface area contributed by atoms with E-state index in [1.165, 1.54) is 11.3 Å². The molecule has 5 atom stereocenters. The lowest BCUT2D eigenvalue weighted by Crippen LogP contribution is -2.55. The van der Waals surface area contributed by atoms with Crippen molar-refractivity contribution in [2.24, 2.45) is 17.8 Å². The number of hydrogen-bond donors (Lipinski definition) is 2. The van der Waals surface area contributed by atoms with Crippen molar-refractivity contribution in [3.63, 3.8) is 0 Å². The second-order valence-corrected chi connectivity index (χ2v) is 15.6. The fourth-order valence-corrected chi connectivity index (χ4v) is 9.60. The van der Waals surface area contributed by atoms with E-state index in [4.69, 9.17) is 0 Å². The minimum atomic E-state index is -1.85. The smallest absolute Gasteiger partial charge is 0.174 e. The van der Waals surface area contributed by atoms with Crippen molar-refractivity contribution in [2.75, 3.05) is 0 Å². The number of carbonyl (C=O) groups excluding carboxylic acids is 2. The average Bonchev–Trinajstić information content (AvgIpc) is 2.77. The van der Waals surface area contributed by atoms with E-state index in [0.29, 0.717) is 5.56 Å². The molecule has 5 rings (SSSR count). The molecule has 3 aliphatic rings. The quantitative estimate of drug-likeness (QED) is 0.527. The molecular formula is C27H30O4Si. The van der Waals surface area contributed by atoms with E-state index in [-0.39, 0.29) is 33.8 Å². The lowest BCUT2D eigenvalue weighted by atomic mass is 9.58. The molecule has 0 spiro atoms. The number of hydrogen-bond acceptors (Lipinski definition) is 4. The number of fused-ring (bicyclic) bond motifs is 4. The van der Waals surface area contributed by atoms with Gasteiger partial charge < -0.3 is 10.2 Å². The summed E-state index contributed by atoms with van der Waals surface area (Å²) in [6.45, 7) is 7.20. The van der Waals surface area contributed by atoms with Gasteiger partial charge in [0.1, 0.15) is 5.75 Å². The maximum atomic E-state index is 13.5. The van der Waals surface area contributed by atoms with Gasteiger partial charge in [-0.15, -0.1) is 0 Å². The Bertz CT molecular complexity index is 1140. The van der Waals surface area contributed by atoms with Crippen molar-refractivity contribution in [3.8, 4) is 5.75 Å². The molecule has 0 amide bonds. The van der Waals surface area contributed by atoms with Gasteiger partial charge in [-0.3, -0.25) is 9.59 Å². The third-order valence-electron chi connectivity index (χ3n) is 8.82. The zero-order chi connectivity index (χ0) is 22.8. The van der Waals surface area contributed by atoms with Gasteiger partial charge in [-0.2, -0.15) is 0 Å². The minimum Gasteiger partial charge on any atom is -0.507 e. The van der Waals surface area contributed by atoms with Gasteiger partial charge in [0.2, 0.25) is 0 Å². The second-order valence-electron chi connectivity index (χ2n) is 10.6. The summed E-state index contributed by atoms with van der Waals surface area (Å²) < 4.78 is 0. The number of benzene rings is 2. The molecule has 2 aromatic carbocycles. The molecule has 3 aliphatic carbocycles. The van der Waals surface area contributed by atoms with E-state index in [0.717, 1.165) is 24.8 Å². The molecule has 0 bridgehead atoms. The van der Waals surface area contributed by atoms with Crippen LogP contribution in [0.2, 0.25) is 18.1 Å². The molecule has 4 nitrogen and oxygen atoms in total. The maximum absolute atomic E-state index is 13.5. The van der Waals surface area contributed by atoms with Crippen LogP contribution in [0.3, 0.4) is 0 Å². The minimum absolute atomic E-state index is 0.0241. The molecular weight excluding hydrogens is 416 g/mol. The molecule has 1 saturated carbocycles. The van der Waals surface area contributed by atoms with Gasteiger partial charge in [0, 0.05) is 11.5 Å². The van der Waals surface area contributed by atoms with Gasteiger partial charge in [-0.1, -0.05) is 79.3 Å². The highest BCUT2D eigenvalue weighted by Gasteiger charge is 2.56. The molecule has 5 heteroatoms. The third-order valence-corrected chi connectivity index (χ3v) is 14.0. The predicted octanol–water partition coefficient (Wildman–Crippen LogP) is 4.48. The molecule has 2 N–H and O–H groups in total. The fourth-order valence-electron chi connectivity index (χ4n) is 6.46. The summed E-state index contributed by atoms with van der Waals surface area (Å²) in [5.74, 6) is -1.97. The summed E-state index contributed by atoms with van der Waals surface area (Å²) in [7, 11) is -1.85. The molecule has 0 heterocycles. The SMILES string of the molecule is C[C@@]1([Si](C)(C)c2ccccc2)CC[C@H]2C(=C[C@@H](O)[C@H]3C(=O)c4c(O)cccc4C(=O)[C@H]32)C1. The molecule has 32 heavy (non-hydrogen) atoms. The van der Waals surface area contributed by atoms with Crippen LogP contribution in [0.1, 0.15) is 46.9 Å². The van der Waals surface area contributed by atoms with Crippen LogP contribution in [-0.4, -0.2) is 36.0 Å². The van der Waals surface area contributed by atoms with E-state index >= 15 is 0 Å². The van der Waals surface area contributed by atoms with Crippen LogP contribution in [0.25, 0.3) is 0 Å². The van der Waals surface area contributed by atoms with Gasteiger partial charge in [-0.05, 0) is 36.3 Å². The highest BCUT2D eigenvalue weighted by atomic mass is 28.3. The third kappa shape index (κ3) is 2.91. The number of aliphatic hydroxyl groups is 1. The Labute approximate surface area is 190 Å². The molecule has 0 radical (unpaired) electrons. The number of rotatable bonds is 2. The topological polar surface area (TPSA) is 74.6 Å². The largest absolute Gasteiger partial charge is 0.507 e. The zero-order valence-electron chi connectivity index (χ0n) is 18.8. The number of aliphatic hydroxyl groups excluding tert-OH is 1. The molecule has 1 fully saturated rings. The predicted molar refractivity (Wildman–Crippen MR) is 127 cm³/mol. The summed E-state index contributed by atoms with van der Waals surface area (Å²) in [4.78, 5) is 26.8. The van der Waals surface area contributed by atoms with Crippen LogP contribution in [0.4, 0.5) is 0 Å². The number of allylic oxidation sites excluding steroid dienone is 1. The van der Waals surface area contributed by atoms with E-state index in [1.807, 2.05) is 6.08 Å². The first kappa shape index (κ1) is 21.3. The van der Waals surface area contributed by atoms with Gasteiger partial charge in [-0.25, -0.2) is 0 Å². The lowest BCUT2D eigenvalue weighted by molar-refractivity contribution is 0.0386. The van der Waals surface area contributed by atoms with Crippen molar-refractivity contribution in [1.82, 2.24) is 0 Å². The van der Waals surface area contributed by atoms with E-state index in [1.54, 1.807) is 12.1 Å². The summed E-state index contributed by atoms with van der Waals surface area (Å²) in [6.07, 6.45) is 3.54. The Morgan fingerprint density at radius 3 is 2.41 bits per heavy atom. The van der Waals surface area contributed by atoms with Crippen molar-refractivity contribution in [1.29, 1.82) is 0 Å². The normalized spacial score (nSPS) is 31.9. The zero-order valence-corrected chi connectivity index (χ0v) is 19.8. The Morgan fingerprint density at radius 1 is 0.969 bits per heavy atom. The Balaban J connectivity index is 1.53. The molecule has 166 valence electrons. The van der Waals surface area contributed by atoms with Gasteiger partial charge in [0.15, 0.2) is 11.6 Å². The summed E-state index contributed by atoms with van der Waals surface area (Å²) in [5.41, 5.74) is 1.51. The summed E-state index contributed by atoms with van der Waals surface area (Å²) in [6, 6.07) is 15.4. The Morgan fingerprint density at radius 2 is 1.69 bits per heavy atom. The number of phenols is 1.